The summed E-state index contributed by atoms with van der Waals surface area (Å²) in [6.07, 6.45) is 4.15. The summed E-state index contributed by atoms with van der Waals surface area (Å²) in [7, 11) is 0. The number of aliphatic carboxylic acids is 1. The topological polar surface area (TPSA) is 100 Å². The minimum absolute atomic E-state index is 0.0275. The fourth-order valence-corrected chi connectivity index (χ4v) is 1.13. The summed E-state index contributed by atoms with van der Waals surface area (Å²) in [5.74, 6) is -1.23. The third kappa shape index (κ3) is 3.95. The van der Waals surface area contributed by atoms with Crippen LogP contribution in [0.2, 0.25) is 0 Å². The molecule has 3 N–H and O–H groups in total. The third-order valence-electron chi connectivity index (χ3n) is 2.14. The predicted molar refractivity (Wildman–Crippen MR) is 55.8 cm³/mol. The first-order valence-electron chi connectivity index (χ1n) is 5.03. The molecule has 0 aliphatic heterocycles. The highest BCUT2D eigenvalue weighted by Gasteiger charge is 2.28. The number of nitrogens with one attached hydrogen (secondary N) is 1. The van der Waals surface area contributed by atoms with Crippen molar-refractivity contribution < 1.29 is 15.0 Å². The van der Waals surface area contributed by atoms with Crippen molar-refractivity contribution in [3.05, 3.63) is 12.4 Å². The molecule has 1 heterocycles. The van der Waals surface area contributed by atoms with Crippen LogP contribution < -0.4 is 5.32 Å². The van der Waals surface area contributed by atoms with Crippen LogP contribution in [0.4, 0.5) is 0 Å². The number of nitrogens with zero attached hydrogens (tertiary/aromatic N) is 3. The maximum absolute atomic E-state index is 10.6. The first kappa shape index (κ1) is 12.6. The Morgan fingerprint density at radius 3 is 2.94 bits per heavy atom. The molecule has 0 aromatic carbocycles. The van der Waals surface area contributed by atoms with E-state index >= 15 is 0 Å². The summed E-state index contributed by atoms with van der Waals surface area (Å²) in [5.41, 5.74) is -1.72. The third-order valence-corrected chi connectivity index (χ3v) is 2.14. The van der Waals surface area contributed by atoms with E-state index in [0.717, 1.165) is 6.42 Å². The molecule has 1 rings (SSSR count). The van der Waals surface area contributed by atoms with Crippen molar-refractivity contribution in [1.82, 2.24) is 20.3 Å². The van der Waals surface area contributed by atoms with Crippen LogP contribution in [-0.2, 0) is 11.3 Å². The number of carboxylic acid groups (broad SMARTS) is 1. The molecule has 16 heavy (non-hydrogen) atoms. The van der Waals surface area contributed by atoms with E-state index in [1.54, 1.807) is 17.1 Å². The lowest BCUT2D eigenvalue weighted by Crippen LogP contribution is -2.45. The van der Waals surface area contributed by atoms with Gasteiger partial charge >= 0.3 is 5.97 Å². The van der Waals surface area contributed by atoms with Gasteiger partial charge < -0.3 is 15.5 Å². The van der Waals surface area contributed by atoms with Crippen molar-refractivity contribution in [2.75, 3.05) is 13.1 Å². The summed E-state index contributed by atoms with van der Waals surface area (Å²) in [6, 6.07) is 0. The lowest BCUT2D eigenvalue weighted by Gasteiger charge is -2.18. The second-order valence-electron chi connectivity index (χ2n) is 3.78. The van der Waals surface area contributed by atoms with Gasteiger partial charge in [0.05, 0.1) is 6.20 Å². The van der Waals surface area contributed by atoms with Gasteiger partial charge in [-0.15, -0.1) is 5.10 Å². The zero-order valence-corrected chi connectivity index (χ0v) is 9.13. The van der Waals surface area contributed by atoms with E-state index in [1.165, 1.54) is 6.92 Å². The molecular weight excluding hydrogens is 212 g/mol. The Labute approximate surface area is 93.1 Å². The first-order valence-corrected chi connectivity index (χ1v) is 5.03. The summed E-state index contributed by atoms with van der Waals surface area (Å²) in [6.45, 7) is 2.62. The van der Waals surface area contributed by atoms with Crippen molar-refractivity contribution in [2.24, 2.45) is 0 Å². The van der Waals surface area contributed by atoms with Gasteiger partial charge in [-0.1, -0.05) is 5.21 Å². The molecule has 0 bridgehead atoms. The first-order chi connectivity index (χ1) is 7.52. The number of rotatable bonds is 7. The zero-order valence-electron chi connectivity index (χ0n) is 9.13. The molecule has 7 nitrogen and oxygen atoms in total. The molecule has 0 amide bonds. The average molecular weight is 228 g/mol. The van der Waals surface area contributed by atoms with Crippen LogP contribution in [0.1, 0.15) is 13.3 Å². The number of hydrogen-bond donors (Lipinski definition) is 3. The van der Waals surface area contributed by atoms with Crippen molar-refractivity contribution in [1.29, 1.82) is 0 Å². The number of aromatic nitrogens is 3. The van der Waals surface area contributed by atoms with Gasteiger partial charge in [-0.2, -0.15) is 0 Å². The van der Waals surface area contributed by atoms with Gasteiger partial charge in [-0.3, -0.25) is 4.68 Å². The van der Waals surface area contributed by atoms with E-state index in [4.69, 9.17) is 5.11 Å². The molecule has 1 unspecified atom stereocenters. The minimum atomic E-state index is -1.72. The van der Waals surface area contributed by atoms with E-state index in [-0.39, 0.29) is 6.54 Å². The van der Waals surface area contributed by atoms with E-state index in [0.29, 0.717) is 13.1 Å². The Morgan fingerprint density at radius 2 is 2.38 bits per heavy atom. The smallest absolute Gasteiger partial charge is 0.336 e. The van der Waals surface area contributed by atoms with Gasteiger partial charge in [0.2, 0.25) is 0 Å². The lowest BCUT2D eigenvalue weighted by molar-refractivity contribution is -0.156. The van der Waals surface area contributed by atoms with Gasteiger partial charge in [-0.25, -0.2) is 4.79 Å². The molecule has 7 heteroatoms. The summed E-state index contributed by atoms with van der Waals surface area (Å²) in [4.78, 5) is 10.6. The standard InChI is InChI=1S/C9H16N4O3/c1-9(16,8(14)15)7-10-3-2-5-13-6-4-11-12-13/h4,6,10,16H,2-3,5,7H2,1H3,(H,14,15). The Bertz CT molecular complexity index is 324. The van der Waals surface area contributed by atoms with Crippen LogP contribution in [0.15, 0.2) is 12.4 Å². The summed E-state index contributed by atoms with van der Waals surface area (Å²) in [5, 5.41) is 28.3. The van der Waals surface area contributed by atoms with Crippen LogP contribution >= 0.6 is 0 Å². The molecule has 0 fully saturated rings. The molecule has 0 saturated heterocycles. The second kappa shape index (κ2) is 5.57. The van der Waals surface area contributed by atoms with Gasteiger partial charge in [0.15, 0.2) is 5.60 Å². The molecule has 0 aliphatic carbocycles. The highest BCUT2D eigenvalue weighted by Crippen LogP contribution is 2.00. The fraction of sp³-hybridized carbons (Fsp3) is 0.667. The average Bonchev–Trinajstić information content (AvgIpc) is 2.69. The maximum atomic E-state index is 10.6. The van der Waals surface area contributed by atoms with Crippen molar-refractivity contribution in [3.63, 3.8) is 0 Å². The lowest BCUT2D eigenvalue weighted by atomic mass is 10.1. The Morgan fingerprint density at radius 1 is 1.62 bits per heavy atom. The maximum Gasteiger partial charge on any atom is 0.336 e. The van der Waals surface area contributed by atoms with E-state index in [9.17, 15) is 9.90 Å². The summed E-state index contributed by atoms with van der Waals surface area (Å²) < 4.78 is 1.69. The van der Waals surface area contributed by atoms with Crippen molar-refractivity contribution >= 4 is 5.97 Å². The normalized spacial score (nSPS) is 14.6. The molecule has 1 aromatic rings. The van der Waals surface area contributed by atoms with E-state index < -0.39 is 11.6 Å². The SMILES string of the molecule is CC(O)(CNCCCn1ccnn1)C(=O)O. The van der Waals surface area contributed by atoms with Gasteiger partial charge in [0, 0.05) is 19.3 Å². The zero-order chi connectivity index (χ0) is 12.0. The van der Waals surface area contributed by atoms with Crippen LogP contribution in [-0.4, -0.2) is 49.9 Å². The molecule has 0 aliphatic rings. The quantitative estimate of drug-likeness (QED) is 0.523. The number of carbonyl (C=O) groups is 1. The fourth-order valence-electron chi connectivity index (χ4n) is 1.13. The Balaban J connectivity index is 2.10. The second-order valence-corrected chi connectivity index (χ2v) is 3.78. The minimum Gasteiger partial charge on any atom is -0.479 e. The Kier molecular flexibility index (Phi) is 4.39. The molecule has 90 valence electrons. The van der Waals surface area contributed by atoms with Crippen molar-refractivity contribution in [2.45, 2.75) is 25.5 Å². The largest absolute Gasteiger partial charge is 0.479 e. The predicted octanol–water partition coefficient (Wildman–Crippen LogP) is -0.907. The van der Waals surface area contributed by atoms with Crippen LogP contribution in [0.5, 0.6) is 0 Å². The van der Waals surface area contributed by atoms with Crippen LogP contribution in [0.3, 0.4) is 0 Å². The number of hydrogen-bond acceptors (Lipinski definition) is 5. The Hall–Kier alpha value is -1.47. The highest BCUT2D eigenvalue weighted by atomic mass is 16.4. The van der Waals surface area contributed by atoms with Crippen LogP contribution in [0.25, 0.3) is 0 Å². The summed E-state index contributed by atoms with van der Waals surface area (Å²) >= 11 is 0. The molecule has 1 aromatic heterocycles. The molecular formula is C9H16N4O3. The number of aliphatic hydroxyl groups is 1. The van der Waals surface area contributed by atoms with Crippen molar-refractivity contribution in [3.8, 4) is 0 Å². The van der Waals surface area contributed by atoms with Gasteiger partial charge in [-0.05, 0) is 19.9 Å². The molecule has 1 atom stereocenters. The van der Waals surface area contributed by atoms with E-state index in [2.05, 4.69) is 15.6 Å². The number of carboxylic acids is 1. The molecule has 0 saturated carbocycles. The van der Waals surface area contributed by atoms with Crippen LogP contribution in [0, 0.1) is 0 Å². The highest BCUT2D eigenvalue weighted by molar-refractivity contribution is 5.76. The molecule has 0 radical (unpaired) electrons. The van der Waals surface area contributed by atoms with Gasteiger partial charge in [0.1, 0.15) is 0 Å². The molecule has 0 spiro atoms. The van der Waals surface area contributed by atoms with E-state index in [1.807, 2.05) is 0 Å². The van der Waals surface area contributed by atoms with Gasteiger partial charge in [0.25, 0.3) is 0 Å². The monoisotopic (exact) mass is 228 g/mol. The number of aryl methyl sites for hydroxylation is 1.